The van der Waals surface area contributed by atoms with Gasteiger partial charge in [0, 0.05) is 42.4 Å². The largest absolute Gasteiger partial charge is 0.489 e. The third kappa shape index (κ3) is 7.88. The molecule has 0 saturated carbocycles. The van der Waals surface area contributed by atoms with Crippen molar-refractivity contribution < 1.29 is 19.3 Å². The first-order chi connectivity index (χ1) is 20.2. The number of hydrogen-bond acceptors (Lipinski definition) is 6. The van der Waals surface area contributed by atoms with Gasteiger partial charge in [-0.05, 0) is 58.7 Å². The lowest BCUT2D eigenvalue weighted by Crippen LogP contribution is -1.95. The fourth-order valence-corrected chi connectivity index (χ4v) is 4.29. The standard InChI is InChI=1S/C18H17NO2.C17H15NO2/c1-20-12-15-9-16-7-8-17(10-18(16)19-11-15)21-13-14-5-3-2-4-6-14;19-11-14-8-15-6-7-16(9-17(15)18-10-14)20-12-13-4-2-1-3-5-13/h2-11H,12-13H2,1H3;1-10,19H,11-12H2. The molecule has 0 aliphatic carbocycles. The van der Waals surface area contributed by atoms with E-state index in [9.17, 15) is 0 Å². The molecule has 0 amide bonds. The van der Waals surface area contributed by atoms with Crippen molar-refractivity contribution >= 4 is 21.8 Å². The Bertz CT molecular complexity index is 1690. The van der Waals surface area contributed by atoms with E-state index in [2.05, 4.69) is 28.2 Å². The Morgan fingerprint density at radius 2 is 1.02 bits per heavy atom. The number of fused-ring (bicyclic) bond motifs is 2. The number of aliphatic hydroxyl groups excluding tert-OH is 1. The molecule has 0 aliphatic rings. The van der Waals surface area contributed by atoms with Crippen LogP contribution >= 0.6 is 0 Å². The molecule has 0 radical (unpaired) electrons. The summed E-state index contributed by atoms with van der Waals surface area (Å²) in [5.41, 5.74) is 5.98. The van der Waals surface area contributed by atoms with Crippen molar-refractivity contribution in [2.75, 3.05) is 7.11 Å². The van der Waals surface area contributed by atoms with E-state index in [0.717, 1.165) is 55.6 Å². The van der Waals surface area contributed by atoms with Crippen LogP contribution < -0.4 is 9.47 Å². The summed E-state index contributed by atoms with van der Waals surface area (Å²) < 4.78 is 16.7. The van der Waals surface area contributed by atoms with Gasteiger partial charge < -0.3 is 19.3 Å². The van der Waals surface area contributed by atoms with Crippen molar-refractivity contribution in [2.45, 2.75) is 26.4 Å². The van der Waals surface area contributed by atoms with Crippen LogP contribution in [0.3, 0.4) is 0 Å². The SMILES string of the molecule is COCc1cnc2cc(OCc3ccccc3)ccc2c1.OCc1cnc2cc(OCc3ccccc3)ccc2c1. The van der Waals surface area contributed by atoms with Crippen molar-refractivity contribution in [1.82, 2.24) is 9.97 Å². The lowest BCUT2D eigenvalue weighted by molar-refractivity contribution is 0.185. The lowest BCUT2D eigenvalue weighted by Gasteiger charge is -2.08. The molecule has 1 N–H and O–H groups in total. The van der Waals surface area contributed by atoms with E-state index in [4.69, 9.17) is 19.3 Å². The van der Waals surface area contributed by atoms with Gasteiger partial charge in [0.25, 0.3) is 0 Å². The molecule has 206 valence electrons. The molecule has 6 aromatic rings. The maximum absolute atomic E-state index is 9.10. The van der Waals surface area contributed by atoms with E-state index < -0.39 is 0 Å². The number of benzene rings is 4. The summed E-state index contributed by atoms with van der Waals surface area (Å²) in [6.07, 6.45) is 3.52. The maximum atomic E-state index is 9.10. The zero-order valence-electron chi connectivity index (χ0n) is 22.9. The van der Waals surface area contributed by atoms with Gasteiger partial charge in [-0.25, -0.2) is 0 Å². The Morgan fingerprint density at radius 3 is 1.51 bits per heavy atom. The van der Waals surface area contributed by atoms with Crippen molar-refractivity contribution in [1.29, 1.82) is 0 Å². The van der Waals surface area contributed by atoms with Crippen LogP contribution in [0.15, 0.2) is 122 Å². The van der Waals surface area contributed by atoms with Gasteiger partial charge in [-0.1, -0.05) is 60.7 Å². The zero-order chi connectivity index (χ0) is 28.3. The summed E-state index contributed by atoms with van der Waals surface area (Å²) >= 11 is 0. The van der Waals surface area contributed by atoms with Gasteiger partial charge in [0.2, 0.25) is 0 Å². The second kappa shape index (κ2) is 14.0. The number of rotatable bonds is 9. The predicted octanol–water partition coefficient (Wildman–Crippen LogP) is 7.27. The molecule has 0 fully saturated rings. The molecule has 0 spiro atoms. The molecule has 0 unspecified atom stereocenters. The van der Waals surface area contributed by atoms with Crippen molar-refractivity contribution in [2.24, 2.45) is 0 Å². The van der Waals surface area contributed by atoms with E-state index in [-0.39, 0.29) is 6.61 Å². The highest BCUT2D eigenvalue weighted by Crippen LogP contribution is 2.22. The van der Waals surface area contributed by atoms with Crippen molar-refractivity contribution in [3.63, 3.8) is 0 Å². The van der Waals surface area contributed by atoms with Gasteiger partial charge in [0.15, 0.2) is 0 Å². The van der Waals surface area contributed by atoms with E-state index in [1.54, 1.807) is 13.3 Å². The smallest absolute Gasteiger partial charge is 0.122 e. The number of aliphatic hydroxyl groups is 1. The Balaban J connectivity index is 0.000000165. The first kappa shape index (κ1) is 27.8. The Morgan fingerprint density at radius 1 is 0.537 bits per heavy atom. The topological polar surface area (TPSA) is 73.7 Å². The summed E-state index contributed by atoms with van der Waals surface area (Å²) in [6, 6.07) is 36.0. The minimum Gasteiger partial charge on any atom is -0.489 e. The maximum Gasteiger partial charge on any atom is 0.122 e. The van der Waals surface area contributed by atoms with Gasteiger partial charge in [-0.3, -0.25) is 9.97 Å². The van der Waals surface area contributed by atoms with Crippen LogP contribution in [0.2, 0.25) is 0 Å². The summed E-state index contributed by atoms with van der Waals surface area (Å²) in [5.74, 6) is 1.63. The van der Waals surface area contributed by atoms with Crippen LogP contribution in [0.4, 0.5) is 0 Å². The van der Waals surface area contributed by atoms with E-state index >= 15 is 0 Å². The molecule has 0 aliphatic heterocycles. The number of pyridine rings is 2. The molecular weight excluding hydrogens is 512 g/mol. The van der Waals surface area contributed by atoms with Crippen LogP contribution in [-0.2, 0) is 31.2 Å². The molecule has 4 aromatic carbocycles. The Hall–Kier alpha value is -4.78. The van der Waals surface area contributed by atoms with Crippen LogP contribution in [0, 0.1) is 0 Å². The molecular formula is C35H32N2O4. The molecule has 41 heavy (non-hydrogen) atoms. The highest BCUT2D eigenvalue weighted by Gasteiger charge is 2.03. The molecule has 0 saturated heterocycles. The number of ether oxygens (including phenoxy) is 3. The summed E-state index contributed by atoms with van der Waals surface area (Å²) in [7, 11) is 1.69. The average molecular weight is 545 g/mol. The minimum absolute atomic E-state index is 0.00913. The molecule has 0 atom stereocenters. The van der Waals surface area contributed by atoms with Crippen molar-refractivity contribution in [3.05, 3.63) is 144 Å². The van der Waals surface area contributed by atoms with Crippen LogP contribution in [-0.4, -0.2) is 22.2 Å². The molecule has 6 nitrogen and oxygen atoms in total. The lowest BCUT2D eigenvalue weighted by atomic mass is 10.1. The minimum atomic E-state index is 0.00913. The first-order valence-corrected chi connectivity index (χ1v) is 13.4. The average Bonchev–Trinajstić information content (AvgIpc) is 3.04. The van der Waals surface area contributed by atoms with Crippen molar-refractivity contribution in [3.8, 4) is 11.5 Å². The Kier molecular flexibility index (Phi) is 9.50. The Labute approximate surface area is 239 Å². The molecule has 2 heterocycles. The van der Waals surface area contributed by atoms with Crippen LogP contribution in [0.1, 0.15) is 22.3 Å². The highest BCUT2D eigenvalue weighted by atomic mass is 16.5. The second-order valence-electron chi connectivity index (χ2n) is 9.54. The summed E-state index contributed by atoms with van der Waals surface area (Å²) in [5, 5.41) is 11.2. The number of hydrogen-bond donors (Lipinski definition) is 1. The fourth-order valence-electron chi connectivity index (χ4n) is 4.29. The number of nitrogens with zero attached hydrogens (tertiary/aromatic N) is 2. The summed E-state index contributed by atoms with van der Waals surface area (Å²) in [4.78, 5) is 8.78. The van der Waals surface area contributed by atoms with E-state index in [1.165, 1.54) is 0 Å². The van der Waals surface area contributed by atoms with Crippen LogP contribution in [0.5, 0.6) is 11.5 Å². The third-order valence-electron chi connectivity index (χ3n) is 6.41. The van der Waals surface area contributed by atoms with Gasteiger partial charge in [-0.2, -0.15) is 0 Å². The number of aromatic nitrogens is 2. The monoisotopic (exact) mass is 544 g/mol. The second-order valence-corrected chi connectivity index (χ2v) is 9.54. The molecule has 2 aromatic heterocycles. The van der Waals surface area contributed by atoms with E-state index in [1.807, 2.05) is 97.2 Å². The fraction of sp³-hybridized carbons (Fsp3) is 0.143. The molecule has 6 rings (SSSR count). The number of methoxy groups -OCH3 is 1. The van der Waals surface area contributed by atoms with Gasteiger partial charge in [-0.15, -0.1) is 0 Å². The van der Waals surface area contributed by atoms with Gasteiger partial charge in [0.05, 0.1) is 24.2 Å². The zero-order valence-corrected chi connectivity index (χ0v) is 22.9. The van der Waals surface area contributed by atoms with Gasteiger partial charge >= 0.3 is 0 Å². The van der Waals surface area contributed by atoms with E-state index in [0.29, 0.717) is 19.8 Å². The normalized spacial score (nSPS) is 10.7. The van der Waals surface area contributed by atoms with Gasteiger partial charge in [0.1, 0.15) is 24.7 Å². The summed E-state index contributed by atoms with van der Waals surface area (Å²) in [6.45, 7) is 1.69. The molecule has 6 heteroatoms. The third-order valence-corrected chi connectivity index (χ3v) is 6.41. The van der Waals surface area contributed by atoms with Crippen LogP contribution in [0.25, 0.3) is 21.8 Å². The highest BCUT2D eigenvalue weighted by molar-refractivity contribution is 5.81. The predicted molar refractivity (Wildman–Crippen MR) is 162 cm³/mol. The molecule has 0 bridgehead atoms. The quantitative estimate of drug-likeness (QED) is 0.206. The first-order valence-electron chi connectivity index (χ1n) is 13.4.